The number of para-hydroxylation sites is 1. The minimum atomic E-state index is 0. The van der Waals surface area contributed by atoms with Crippen molar-refractivity contribution in [3.8, 4) is 0 Å². The van der Waals surface area contributed by atoms with Gasteiger partial charge in [-0.05, 0) is 36.5 Å². The molecule has 2 N–H and O–H groups in total. The molecule has 0 aliphatic rings. The lowest BCUT2D eigenvalue weighted by molar-refractivity contribution is -0.546. The molecule has 0 radical (unpaired) electrons. The average molecular weight is 293 g/mol. The minimum absolute atomic E-state index is 0. The highest BCUT2D eigenvalue weighted by molar-refractivity contribution is 7.80. The standard InChI is InChI=1S/C13H12N4S.ClH/c18-13(15-12-7-3-1-4-8-12)16-14-11-17-9-5-2-6-10-17;/h1-11H,(H-,15,16,18);1H. The first-order valence-electron chi connectivity index (χ1n) is 5.45. The van der Waals surface area contributed by atoms with Gasteiger partial charge in [-0.25, -0.2) is 4.57 Å². The number of anilines is 1. The number of nitrogens with one attached hydrogen (secondary N) is 2. The molecular weight excluding hydrogens is 280 g/mol. The molecule has 0 aliphatic heterocycles. The fraction of sp³-hybridized carbons (Fsp3) is 0. The SMILES string of the molecule is S=C(NN=C[n+]1ccccc1)Nc1ccccc1.[Cl-]. The Morgan fingerprint density at radius 2 is 1.68 bits per heavy atom. The molecule has 1 aromatic heterocycles. The number of aromatic nitrogens is 1. The number of pyridine rings is 1. The summed E-state index contributed by atoms with van der Waals surface area (Å²) in [6.07, 6.45) is 5.41. The summed E-state index contributed by atoms with van der Waals surface area (Å²) in [4.78, 5) is 0. The lowest BCUT2D eigenvalue weighted by Gasteiger charge is -2.02. The summed E-state index contributed by atoms with van der Waals surface area (Å²) in [6, 6.07) is 15.5. The van der Waals surface area contributed by atoms with Crippen LogP contribution in [0.1, 0.15) is 0 Å². The lowest BCUT2D eigenvalue weighted by atomic mass is 10.3. The predicted octanol–water partition coefficient (Wildman–Crippen LogP) is -1.24. The van der Waals surface area contributed by atoms with Crippen LogP contribution in [0.3, 0.4) is 0 Å². The van der Waals surface area contributed by atoms with Gasteiger partial charge >= 0.3 is 6.34 Å². The highest BCUT2D eigenvalue weighted by atomic mass is 35.5. The maximum absolute atomic E-state index is 5.11. The number of hydrogen-bond donors (Lipinski definition) is 2. The molecule has 0 spiro atoms. The molecule has 0 atom stereocenters. The van der Waals surface area contributed by atoms with Crippen molar-refractivity contribution in [2.24, 2.45) is 5.10 Å². The molecule has 1 heterocycles. The zero-order valence-corrected chi connectivity index (χ0v) is 11.6. The van der Waals surface area contributed by atoms with Crippen LogP contribution in [0.15, 0.2) is 66.0 Å². The van der Waals surface area contributed by atoms with Gasteiger partial charge in [-0.3, -0.25) is 0 Å². The van der Waals surface area contributed by atoms with E-state index in [4.69, 9.17) is 12.2 Å². The van der Waals surface area contributed by atoms with Crippen LogP contribution in [0.5, 0.6) is 0 Å². The Labute approximate surface area is 123 Å². The topological polar surface area (TPSA) is 40.3 Å². The van der Waals surface area contributed by atoms with Gasteiger partial charge in [0.1, 0.15) is 0 Å². The van der Waals surface area contributed by atoms with Crippen molar-refractivity contribution in [1.82, 2.24) is 5.43 Å². The van der Waals surface area contributed by atoms with E-state index in [0.717, 1.165) is 5.69 Å². The van der Waals surface area contributed by atoms with Crippen molar-refractivity contribution in [3.05, 3.63) is 60.9 Å². The summed E-state index contributed by atoms with van der Waals surface area (Å²) in [7, 11) is 0. The summed E-state index contributed by atoms with van der Waals surface area (Å²) >= 11 is 5.11. The van der Waals surface area contributed by atoms with Gasteiger partial charge in [0.15, 0.2) is 0 Å². The van der Waals surface area contributed by atoms with Crippen LogP contribution in [0.2, 0.25) is 0 Å². The van der Waals surface area contributed by atoms with Gasteiger partial charge in [0.05, 0.1) is 12.4 Å². The summed E-state index contributed by atoms with van der Waals surface area (Å²) in [5.41, 5.74) is 3.68. The third kappa shape index (κ3) is 5.46. The van der Waals surface area contributed by atoms with Crippen LogP contribution in [0.4, 0.5) is 5.69 Å². The Morgan fingerprint density at radius 1 is 1.05 bits per heavy atom. The number of hydrazone groups is 1. The monoisotopic (exact) mass is 292 g/mol. The van der Waals surface area contributed by atoms with E-state index in [1.54, 1.807) is 6.34 Å². The molecular formula is C13H13ClN4S. The molecule has 0 bridgehead atoms. The molecule has 2 rings (SSSR count). The van der Waals surface area contributed by atoms with E-state index in [9.17, 15) is 0 Å². The van der Waals surface area contributed by atoms with Gasteiger partial charge in [0.25, 0.3) is 0 Å². The molecule has 0 amide bonds. The maximum Gasteiger partial charge on any atom is 0.316 e. The third-order valence-corrected chi connectivity index (χ3v) is 2.32. The van der Waals surface area contributed by atoms with E-state index in [-0.39, 0.29) is 12.4 Å². The largest absolute Gasteiger partial charge is 1.00 e. The van der Waals surface area contributed by atoms with Crippen molar-refractivity contribution in [2.75, 3.05) is 5.32 Å². The van der Waals surface area contributed by atoms with Gasteiger partial charge in [-0.15, -0.1) is 0 Å². The summed E-state index contributed by atoms with van der Waals surface area (Å²) in [5.74, 6) is 0. The average Bonchev–Trinajstić information content (AvgIpc) is 2.41. The predicted molar refractivity (Wildman–Crippen MR) is 76.3 cm³/mol. The van der Waals surface area contributed by atoms with E-state index >= 15 is 0 Å². The van der Waals surface area contributed by atoms with Crippen molar-refractivity contribution in [1.29, 1.82) is 0 Å². The number of hydrogen-bond acceptors (Lipinski definition) is 2. The zero-order chi connectivity index (χ0) is 12.6. The van der Waals surface area contributed by atoms with E-state index in [2.05, 4.69) is 15.8 Å². The van der Waals surface area contributed by atoms with Crippen molar-refractivity contribution < 1.29 is 17.0 Å². The normalized spacial score (nSPS) is 9.68. The molecule has 4 nitrogen and oxygen atoms in total. The smallest absolute Gasteiger partial charge is 0.316 e. The number of halogens is 1. The van der Waals surface area contributed by atoms with E-state index < -0.39 is 0 Å². The van der Waals surface area contributed by atoms with Crippen LogP contribution in [-0.4, -0.2) is 11.5 Å². The van der Waals surface area contributed by atoms with E-state index in [1.807, 2.05) is 65.5 Å². The molecule has 0 fully saturated rings. The fourth-order valence-electron chi connectivity index (χ4n) is 1.32. The third-order valence-electron chi connectivity index (χ3n) is 2.13. The highest BCUT2D eigenvalue weighted by Crippen LogP contribution is 2.03. The Morgan fingerprint density at radius 3 is 2.37 bits per heavy atom. The number of nitrogens with zero attached hydrogens (tertiary/aromatic N) is 2. The molecule has 19 heavy (non-hydrogen) atoms. The van der Waals surface area contributed by atoms with Gasteiger partial charge in [0.2, 0.25) is 5.11 Å². The second kappa shape index (κ2) is 8.18. The molecule has 0 saturated carbocycles. The molecule has 6 heteroatoms. The van der Waals surface area contributed by atoms with Gasteiger partial charge < -0.3 is 17.7 Å². The molecule has 2 aromatic rings. The van der Waals surface area contributed by atoms with Crippen LogP contribution in [0.25, 0.3) is 0 Å². The Balaban J connectivity index is 0.00000180. The van der Waals surface area contributed by atoms with Gasteiger partial charge in [0, 0.05) is 10.8 Å². The fourth-order valence-corrected chi connectivity index (χ4v) is 1.49. The lowest BCUT2D eigenvalue weighted by Crippen LogP contribution is -3.00. The van der Waals surface area contributed by atoms with Crippen LogP contribution in [-0.2, 0) is 0 Å². The van der Waals surface area contributed by atoms with E-state index in [1.165, 1.54) is 0 Å². The second-order valence-corrected chi connectivity index (χ2v) is 3.91. The quantitative estimate of drug-likeness (QED) is 0.244. The van der Waals surface area contributed by atoms with E-state index in [0.29, 0.717) is 5.11 Å². The number of thiocarbonyl (C=S) groups is 1. The zero-order valence-electron chi connectivity index (χ0n) is 10.0. The highest BCUT2D eigenvalue weighted by Gasteiger charge is 1.97. The Hall–Kier alpha value is -1.98. The minimum Gasteiger partial charge on any atom is -1.00 e. The first-order valence-corrected chi connectivity index (χ1v) is 5.86. The second-order valence-electron chi connectivity index (χ2n) is 3.50. The van der Waals surface area contributed by atoms with Crippen molar-refractivity contribution >= 4 is 29.4 Å². The number of benzene rings is 1. The molecule has 0 saturated heterocycles. The van der Waals surface area contributed by atoms with Gasteiger partial charge in [-0.2, -0.15) is 5.43 Å². The van der Waals surface area contributed by atoms with Crippen molar-refractivity contribution in [3.63, 3.8) is 0 Å². The molecule has 0 aliphatic carbocycles. The first-order chi connectivity index (χ1) is 8.84. The maximum atomic E-state index is 5.11. The van der Waals surface area contributed by atoms with Crippen LogP contribution in [0, 0.1) is 0 Å². The molecule has 1 aromatic carbocycles. The Bertz CT molecular complexity index is 531. The Kier molecular flexibility index (Phi) is 6.49. The molecule has 0 unspecified atom stereocenters. The summed E-state index contributed by atoms with van der Waals surface area (Å²) < 4.78 is 1.82. The van der Waals surface area contributed by atoms with Crippen LogP contribution >= 0.6 is 12.2 Å². The van der Waals surface area contributed by atoms with Gasteiger partial charge in [-0.1, -0.05) is 24.3 Å². The summed E-state index contributed by atoms with van der Waals surface area (Å²) in [5, 5.41) is 7.50. The number of rotatable bonds is 3. The first kappa shape index (κ1) is 15.1. The van der Waals surface area contributed by atoms with Crippen LogP contribution < -0.4 is 27.7 Å². The summed E-state index contributed by atoms with van der Waals surface area (Å²) in [6.45, 7) is 0. The molecule has 98 valence electrons. The van der Waals surface area contributed by atoms with Crippen molar-refractivity contribution in [2.45, 2.75) is 0 Å².